The Morgan fingerprint density at radius 2 is 1.85 bits per heavy atom. The van der Waals surface area contributed by atoms with Crippen LogP contribution in [0.2, 0.25) is 0 Å². The van der Waals surface area contributed by atoms with Gasteiger partial charge in [0.15, 0.2) is 0 Å². The molecule has 0 saturated carbocycles. The third-order valence-electron chi connectivity index (χ3n) is 3.31. The first kappa shape index (κ1) is 20.8. The highest BCUT2D eigenvalue weighted by molar-refractivity contribution is 7.94. The lowest BCUT2D eigenvalue weighted by Crippen LogP contribution is -2.13. The highest BCUT2D eigenvalue weighted by Gasteiger charge is 2.21. The molecule has 1 heterocycles. The number of hydrogen-bond donors (Lipinski definition) is 2. The van der Waals surface area contributed by atoms with Crippen molar-refractivity contribution < 1.29 is 22.7 Å². The van der Waals surface area contributed by atoms with Crippen LogP contribution in [0, 0.1) is 0 Å². The molecule has 0 aliphatic heterocycles. The van der Waals surface area contributed by atoms with Gasteiger partial charge in [0, 0.05) is 12.1 Å². The number of nitrogens with one attached hydrogen (secondary N) is 2. The van der Waals surface area contributed by atoms with Gasteiger partial charge < -0.3 is 10.1 Å². The SMILES string of the molecule is CCCCOC(=O)c1ccc(NS(=O)(=O)c2nnc(NC(=O)CC)s2)cc1. The fourth-order valence-corrected chi connectivity index (χ4v) is 3.82. The number of ether oxygens (including phenoxy) is 1. The van der Waals surface area contributed by atoms with Gasteiger partial charge in [-0.3, -0.25) is 9.52 Å². The van der Waals surface area contributed by atoms with Gasteiger partial charge in [0.05, 0.1) is 12.2 Å². The third-order valence-corrected chi connectivity index (χ3v) is 5.90. The molecule has 11 heteroatoms. The molecule has 0 aliphatic carbocycles. The van der Waals surface area contributed by atoms with Crippen molar-refractivity contribution in [2.24, 2.45) is 0 Å². The molecule has 0 fully saturated rings. The molecule has 0 atom stereocenters. The monoisotopic (exact) mass is 412 g/mol. The summed E-state index contributed by atoms with van der Waals surface area (Å²) in [5.74, 6) is -0.747. The molecule has 27 heavy (non-hydrogen) atoms. The number of nitrogens with zero attached hydrogens (tertiary/aromatic N) is 2. The minimum absolute atomic E-state index is 0.104. The van der Waals surface area contributed by atoms with Gasteiger partial charge in [0.2, 0.25) is 11.0 Å². The number of benzene rings is 1. The molecule has 0 aliphatic rings. The molecule has 0 spiro atoms. The molecular formula is C16H20N4O5S2. The quantitative estimate of drug-likeness (QED) is 0.368. The van der Waals surface area contributed by atoms with Crippen LogP contribution >= 0.6 is 11.3 Å². The number of carbonyl (C=O) groups is 2. The molecule has 2 N–H and O–H groups in total. The van der Waals surface area contributed by atoms with Gasteiger partial charge in [-0.15, -0.1) is 10.2 Å². The number of aromatic nitrogens is 2. The van der Waals surface area contributed by atoms with Gasteiger partial charge in [-0.05, 0) is 30.7 Å². The first-order valence-corrected chi connectivity index (χ1v) is 10.6. The topological polar surface area (TPSA) is 127 Å². The van der Waals surface area contributed by atoms with Crippen LogP contribution in [0.5, 0.6) is 0 Å². The van der Waals surface area contributed by atoms with Crippen molar-refractivity contribution in [3.05, 3.63) is 29.8 Å². The molecule has 0 unspecified atom stereocenters. The van der Waals surface area contributed by atoms with Crippen molar-refractivity contribution in [2.75, 3.05) is 16.6 Å². The maximum absolute atomic E-state index is 12.4. The fraction of sp³-hybridized carbons (Fsp3) is 0.375. The summed E-state index contributed by atoms with van der Waals surface area (Å²) in [5, 5.41) is 9.78. The van der Waals surface area contributed by atoms with E-state index < -0.39 is 16.0 Å². The van der Waals surface area contributed by atoms with Crippen molar-refractivity contribution in [2.45, 2.75) is 37.4 Å². The summed E-state index contributed by atoms with van der Waals surface area (Å²) in [6.45, 7) is 4.00. The fourth-order valence-electron chi connectivity index (χ4n) is 1.84. The summed E-state index contributed by atoms with van der Waals surface area (Å²) in [6.07, 6.45) is 1.95. The Labute approximate surface area is 161 Å². The summed E-state index contributed by atoms with van der Waals surface area (Å²) in [5.41, 5.74) is 0.587. The lowest BCUT2D eigenvalue weighted by Gasteiger charge is -2.07. The smallest absolute Gasteiger partial charge is 0.338 e. The molecule has 146 valence electrons. The van der Waals surface area contributed by atoms with Crippen LogP contribution in [0.3, 0.4) is 0 Å². The first-order chi connectivity index (χ1) is 12.9. The Morgan fingerprint density at radius 1 is 1.15 bits per heavy atom. The molecule has 1 aromatic heterocycles. The minimum atomic E-state index is -3.96. The van der Waals surface area contributed by atoms with Gasteiger partial charge in [-0.2, -0.15) is 8.42 Å². The zero-order valence-electron chi connectivity index (χ0n) is 14.9. The van der Waals surface area contributed by atoms with Crippen LogP contribution in [0.1, 0.15) is 43.5 Å². The van der Waals surface area contributed by atoms with Gasteiger partial charge in [0.25, 0.3) is 14.4 Å². The zero-order valence-corrected chi connectivity index (χ0v) is 16.5. The first-order valence-electron chi connectivity index (χ1n) is 8.29. The Kier molecular flexibility index (Phi) is 7.25. The maximum atomic E-state index is 12.4. The highest BCUT2D eigenvalue weighted by atomic mass is 32.2. The number of unbranched alkanes of at least 4 members (excludes halogenated alkanes) is 1. The number of carbonyl (C=O) groups excluding carboxylic acids is 2. The highest BCUT2D eigenvalue weighted by Crippen LogP contribution is 2.23. The van der Waals surface area contributed by atoms with E-state index in [2.05, 4.69) is 20.2 Å². The summed E-state index contributed by atoms with van der Waals surface area (Å²) in [6, 6.07) is 5.85. The van der Waals surface area contributed by atoms with Gasteiger partial charge in [-0.25, -0.2) is 4.79 Å². The van der Waals surface area contributed by atoms with E-state index in [9.17, 15) is 18.0 Å². The van der Waals surface area contributed by atoms with Crippen molar-refractivity contribution >= 4 is 44.1 Å². The second kappa shape index (κ2) is 9.42. The number of hydrogen-bond acceptors (Lipinski definition) is 8. The van der Waals surface area contributed by atoms with E-state index >= 15 is 0 Å². The van der Waals surface area contributed by atoms with E-state index in [4.69, 9.17) is 4.74 Å². The second-order valence-corrected chi connectivity index (χ2v) is 8.28. The van der Waals surface area contributed by atoms with Crippen molar-refractivity contribution in [1.82, 2.24) is 10.2 Å². The summed E-state index contributed by atoms with van der Waals surface area (Å²) in [4.78, 5) is 23.2. The van der Waals surface area contributed by atoms with E-state index in [0.717, 1.165) is 24.2 Å². The lowest BCUT2D eigenvalue weighted by atomic mass is 10.2. The molecule has 2 aromatic rings. The number of esters is 1. The van der Waals surface area contributed by atoms with E-state index in [1.165, 1.54) is 24.3 Å². The van der Waals surface area contributed by atoms with Crippen LogP contribution in [-0.2, 0) is 19.6 Å². The molecule has 0 bridgehead atoms. The molecular weight excluding hydrogens is 392 g/mol. The van der Waals surface area contributed by atoms with Crippen LogP contribution in [0.25, 0.3) is 0 Å². The summed E-state index contributed by atoms with van der Waals surface area (Å²) >= 11 is 0.743. The molecule has 9 nitrogen and oxygen atoms in total. The average Bonchev–Trinajstić information content (AvgIpc) is 3.11. The zero-order chi connectivity index (χ0) is 19.9. The number of sulfonamides is 1. The predicted molar refractivity (Wildman–Crippen MR) is 101 cm³/mol. The Hall–Kier alpha value is -2.53. The standard InChI is InChI=1S/C16H20N4O5S2/c1-3-5-10-25-14(22)11-6-8-12(9-7-11)20-27(23,24)16-19-18-15(26-16)17-13(21)4-2/h6-9,20H,3-5,10H2,1-2H3,(H,17,18,21). The largest absolute Gasteiger partial charge is 0.462 e. The Morgan fingerprint density at radius 3 is 2.48 bits per heavy atom. The maximum Gasteiger partial charge on any atom is 0.338 e. The summed E-state index contributed by atoms with van der Waals surface area (Å²) in [7, 11) is -3.96. The normalized spacial score (nSPS) is 11.0. The molecule has 2 rings (SSSR count). The average molecular weight is 412 g/mol. The van der Waals surface area contributed by atoms with E-state index in [1.54, 1.807) is 6.92 Å². The molecule has 1 amide bonds. The van der Waals surface area contributed by atoms with Crippen molar-refractivity contribution in [3.8, 4) is 0 Å². The van der Waals surface area contributed by atoms with Gasteiger partial charge >= 0.3 is 5.97 Å². The van der Waals surface area contributed by atoms with Crippen LogP contribution in [0.4, 0.5) is 10.8 Å². The van der Waals surface area contributed by atoms with Crippen molar-refractivity contribution in [1.29, 1.82) is 0 Å². The third kappa shape index (κ3) is 6.00. The number of anilines is 2. The summed E-state index contributed by atoms with van der Waals surface area (Å²) < 4.78 is 31.9. The second-order valence-electron chi connectivity index (χ2n) is 5.45. The molecule has 0 radical (unpaired) electrons. The van der Waals surface area contributed by atoms with Gasteiger partial charge in [-0.1, -0.05) is 31.6 Å². The van der Waals surface area contributed by atoms with E-state index in [0.29, 0.717) is 12.2 Å². The Balaban J connectivity index is 2.03. The van der Waals surface area contributed by atoms with Crippen LogP contribution < -0.4 is 10.0 Å². The van der Waals surface area contributed by atoms with Crippen LogP contribution in [-0.4, -0.2) is 37.1 Å². The van der Waals surface area contributed by atoms with Gasteiger partial charge in [0.1, 0.15) is 0 Å². The minimum Gasteiger partial charge on any atom is -0.462 e. The Bertz CT molecular complexity index is 894. The van der Waals surface area contributed by atoms with E-state index in [-0.39, 0.29) is 27.5 Å². The molecule has 1 aromatic carbocycles. The van der Waals surface area contributed by atoms with Crippen molar-refractivity contribution in [3.63, 3.8) is 0 Å². The number of rotatable bonds is 9. The lowest BCUT2D eigenvalue weighted by molar-refractivity contribution is -0.115. The molecule has 0 saturated heterocycles. The predicted octanol–water partition coefficient (Wildman–Crippen LogP) is 2.64. The van der Waals surface area contributed by atoms with Crippen LogP contribution in [0.15, 0.2) is 28.6 Å². The van der Waals surface area contributed by atoms with E-state index in [1.807, 2.05) is 6.92 Å². The number of amides is 1.